The van der Waals surface area contributed by atoms with Gasteiger partial charge in [-0.25, -0.2) is 4.79 Å². The third kappa shape index (κ3) is 12.7. The summed E-state index contributed by atoms with van der Waals surface area (Å²) >= 11 is 0. The van der Waals surface area contributed by atoms with Gasteiger partial charge in [0.15, 0.2) is 18.9 Å². The van der Waals surface area contributed by atoms with Gasteiger partial charge in [0.1, 0.15) is 73.2 Å². The van der Waals surface area contributed by atoms with Crippen LogP contribution in [0.2, 0.25) is 0 Å². The number of carbonyl (C=O) groups excluding carboxylic acids is 4. The van der Waals surface area contributed by atoms with Gasteiger partial charge in [0.05, 0.1) is 59.3 Å². The van der Waals surface area contributed by atoms with Gasteiger partial charge in [0, 0.05) is 25.8 Å². The van der Waals surface area contributed by atoms with Crippen LogP contribution in [-0.2, 0) is 61.9 Å². The summed E-state index contributed by atoms with van der Waals surface area (Å²) in [6.07, 6.45) is -25.8. The molecule has 0 spiro atoms. The number of aliphatic hydroxyl groups excluding tert-OH is 10. The molecule has 25 nitrogen and oxygen atoms in total. The van der Waals surface area contributed by atoms with Crippen LogP contribution in [-0.4, -0.2) is 231 Å². The Labute approximate surface area is 324 Å². The van der Waals surface area contributed by atoms with E-state index >= 15 is 0 Å². The standard InChI is InChI=1S/C32H52N2O23/c35-11-14-21(41)24(44)26(46)30(53-14)52-13-16-23(43)29(56-32-27(47)25(45)22(42)15(12-36)54-32)28(48)31(55-16)51-8-5-33-17(37)3-6-49-9-10-50-7-4-20(40)57-34-18(38)1-2-19(34)39/h14-16,21-32,35-36,41-48H,1-13H2,(H,33,37)/t14-,15-,16-,21-,22-,23-,24+,25+,26+,27+,28+,29+,30?,31+,32-/m1/s1. The number of ether oxygens (including phenoxy) is 8. The highest BCUT2D eigenvalue weighted by molar-refractivity contribution is 6.01. The molecule has 4 aliphatic rings. The Hall–Kier alpha value is -2.64. The van der Waals surface area contributed by atoms with Gasteiger partial charge in [-0.15, -0.1) is 5.06 Å². The first kappa shape index (κ1) is 47.0. The average Bonchev–Trinajstić information content (AvgIpc) is 3.51. The highest BCUT2D eigenvalue weighted by Gasteiger charge is 2.52. The second kappa shape index (κ2) is 22.7. The molecule has 0 bridgehead atoms. The highest BCUT2D eigenvalue weighted by Crippen LogP contribution is 2.31. The molecule has 0 aromatic carbocycles. The molecular formula is C32H52N2O23. The van der Waals surface area contributed by atoms with Crippen molar-refractivity contribution >= 4 is 23.7 Å². The number of hydroxylamine groups is 2. The molecule has 0 radical (unpaired) electrons. The van der Waals surface area contributed by atoms with Crippen LogP contribution in [0.3, 0.4) is 0 Å². The van der Waals surface area contributed by atoms with Crippen LogP contribution in [0.5, 0.6) is 0 Å². The third-order valence-corrected chi connectivity index (χ3v) is 9.26. The van der Waals surface area contributed by atoms with Gasteiger partial charge in [-0.05, 0) is 0 Å². The maximum absolute atomic E-state index is 12.3. The second-order valence-corrected chi connectivity index (χ2v) is 13.3. The maximum Gasteiger partial charge on any atom is 0.335 e. The molecule has 4 aliphatic heterocycles. The molecule has 1 unspecified atom stereocenters. The van der Waals surface area contributed by atoms with E-state index in [1.54, 1.807) is 0 Å². The largest absolute Gasteiger partial charge is 0.394 e. The van der Waals surface area contributed by atoms with Gasteiger partial charge in [-0.2, -0.15) is 0 Å². The van der Waals surface area contributed by atoms with E-state index in [9.17, 15) is 70.2 Å². The lowest BCUT2D eigenvalue weighted by molar-refractivity contribution is -0.366. The maximum atomic E-state index is 12.3. The molecule has 0 aromatic heterocycles. The summed E-state index contributed by atoms with van der Waals surface area (Å²) in [5.74, 6) is -2.46. The molecule has 0 aliphatic carbocycles. The Kier molecular flexibility index (Phi) is 18.7. The number of carbonyl (C=O) groups is 4. The summed E-state index contributed by atoms with van der Waals surface area (Å²) in [5.41, 5.74) is 0. The van der Waals surface area contributed by atoms with Crippen LogP contribution in [0.25, 0.3) is 0 Å². The van der Waals surface area contributed by atoms with Crippen LogP contribution >= 0.6 is 0 Å². The van der Waals surface area contributed by atoms with Gasteiger partial charge in [-0.1, -0.05) is 0 Å². The van der Waals surface area contributed by atoms with Gasteiger partial charge < -0.3 is 99.1 Å². The SMILES string of the molecule is O=C(CCOCCOCCC(=O)ON1C(=O)CCC1=O)NCCO[C@H]1O[C@H](COC2O[C@H](CO)[C@@H](O)[C@H](O)[C@@H]2O)[C@@H](O)[C@H](O[C@H]2O[C@H](CO)[C@@H](O)[C@H](O)[C@@H]2O)[C@@H]1O. The van der Waals surface area contributed by atoms with Crippen molar-refractivity contribution in [2.45, 2.75) is 118 Å². The van der Waals surface area contributed by atoms with Crippen molar-refractivity contribution in [3.63, 3.8) is 0 Å². The van der Waals surface area contributed by atoms with Crippen LogP contribution in [0.1, 0.15) is 25.7 Å². The van der Waals surface area contributed by atoms with E-state index < -0.39 is 136 Å². The van der Waals surface area contributed by atoms with E-state index in [-0.39, 0.29) is 65.3 Å². The van der Waals surface area contributed by atoms with E-state index in [0.717, 1.165) is 0 Å². The predicted octanol–water partition coefficient (Wildman–Crippen LogP) is -8.01. The molecule has 15 atom stereocenters. The Morgan fingerprint density at radius 2 is 1.14 bits per heavy atom. The smallest absolute Gasteiger partial charge is 0.335 e. The molecule has 0 saturated carbocycles. The minimum Gasteiger partial charge on any atom is -0.394 e. The number of rotatable bonds is 21. The monoisotopic (exact) mass is 832 g/mol. The number of nitrogens with one attached hydrogen (secondary N) is 1. The number of amides is 3. The first-order valence-corrected chi connectivity index (χ1v) is 18.2. The fourth-order valence-corrected chi connectivity index (χ4v) is 5.97. The van der Waals surface area contributed by atoms with Crippen molar-refractivity contribution in [3.8, 4) is 0 Å². The predicted molar refractivity (Wildman–Crippen MR) is 176 cm³/mol. The fraction of sp³-hybridized carbons (Fsp3) is 0.875. The van der Waals surface area contributed by atoms with E-state index in [4.69, 9.17) is 42.7 Å². The Balaban J connectivity index is 1.21. The molecule has 11 N–H and O–H groups in total. The molecule has 57 heavy (non-hydrogen) atoms. The van der Waals surface area contributed by atoms with Crippen LogP contribution in [0, 0.1) is 0 Å². The molecule has 0 aromatic rings. The third-order valence-electron chi connectivity index (χ3n) is 9.26. The first-order valence-electron chi connectivity index (χ1n) is 18.2. The lowest BCUT2D eigenvalue weighted by Crippen LogP contribution is -2.65. The van der Waals surface area contributed by atoms with Gasteiger partial charge >= 0.3 is 5.97 Å². The normalized spacial score (nSPS) is 37.4. The number of aliphatic hydroxyl groups is 10. The summed E-state index contributed by atoms with van der Waals surface area (Å²) in [5, 5.41) is 106. The lowest BCUT2D eigenvalue weighted by atomic mass is 9.96. The number of nitrogens with zero attached hydrogens (tertiary/aromatic N) is 1. The van der Waals surface area contributed by atoms with Gasteiger partial charge in [0.2, 0.25) is 5.91 Å². The number of hydrogen-bond acceptors (Lipinski definition) is 23. The second-order valence-electron chi connectivity index (χ2n) is 13.3. The zero-order chi connectivity index (χ0) is 41.8. The van der Waals surface area contributed by atoms with Crippen molar-refractivity contribution in [3.05, 3.63) is 0 Å². The molecule has 4 saturated heterocycles. The van der Waals surface area contributed by atoms with Crippen molar-refractivity contribution in [2.24, 2.45) is 0 Å². The van der Waals surface area contributed by atoms with Crippen LogP contribution in [0.4, 0.5) is 0 Å². The zero-order valence-corrected chi connectivity index (χ0v) is 30.6. The van der Waals surface area contributed by atoms with Gasteiger partial charge in [0.25, 0.3) is 11.8 Å². The minimum absolute atomic E-state index is 0.00723. The number of hydrogen-bond donors (Lipinski definition) is 11. The van der Waals surface area contributed by atoms with Crippen molar-refractivity contribution in [2.75, 3.05) is 59.4 Å². The topological polar surface area (TPSA) is 369 Å². The van der Waals surface area contributed by atoms with Crippen molar-refractivity contribution in [1.82, 2.24) is 10.4 Å². The average molecular weight is 833 g/mol. The molecule has 4 fully saturated rings. The minimum atomic E-state index is -1.92. The van der Waals surface area contributed by atoms with Crippen LogP contribution in [0.15, 0.2) is 0 Å². The Morgan fingerprint density at radius 1 is 0.614 bits per heavy atom. The first-order chi connectivity index (χ1) is 27.2. The quantitative estimate of drug-likeness (QED) is 0.0378. The molecule has 328 valence electrons. The highest BCUT2D eigenvalue weighted by atomic mass is 16.8. The Morgan fingerprint density at radius 3 is 1.74 bits per heavy atom. The lowest BCUT2D eigenvalue weighted by Gasteiger charge is -2.46. The summed E-state index contributed by atoms with van der Waals surface area (Å²) < 4.78 is 43.6. The summed E-state index contributed by atoms with van der Waals surface area (Å²) in [6, 6.07) is 0. The summed E-state index contributed by atoms with van der Waals surface area (Å²) in [7, 11) is 0. The molecule has 3 amide bonds. The molecule has 4 heterocycles. The van der Waals surface area contributed by atoms with E-state index in [2.05, 4.69) is 5.32 Å². The molecule has 25 heteroatoms. The molecule has 4 rings (SSSR count). The van der Waals surface area contributed by atoms with E-state index in [1.165, 1.54) is 0 Å². The number of imide groups is 1. The van der Waals surface area contributed by atoms with Crippen molar-refractivity contribution in [1.29, 1.82) is 0 Å². The van der Waals surface area contributed by atoms with E-state index in [0.29, 0.717) is 5.06 Å². The van der Waals surface area contributed by atoms with Crippen LogP contribution < -0.4 is 5.32 Å². The summed E-state index contributed by atoms with van der Waals surface area (Å²) in [6.45, 7) is -2.53. The summed E-state index contributed by atoms with van der Waals surface area (Å²) in [4.78, 5) is 51.8. The van der Waals surface area contributed by atoms with Crippen molar-refractivity contribution < 1.29 is 113 Å². The van der Waals surface area contributed by atoms with E-state index in [1.807, 2.05) is 0 Å². The Bertz CT molecular complexity index is 1280. The van der Waals surface area contributed by atoms with Gasteiger partial charge in [-0.3, -0.25) is 14.4 Å². The fourth-order valence-electron chi connectivity index (χ4n) is 5.97. The molecular weight excluding hydrogens is 780 g/mol. The zero-order valence-electron chi connectivity index (χ0n) is 30.6.